The first-order valence-corrected chi connectivity index (χ1v) is 5.40. The SMILES string of the molecule is Cc1cccc2c(=O)ccn(CCC(=O)O)c12. The highest BCUT2D eigenvalue weighted by molar-refractivity contribution is 5.82. The molecular weight excluding hydrogens is 218 g/mol. The highest BCUT2D eigenvalue weighted by atomic mass is 16.4. The molecule has 1 aromatic carbocycles. The fourth-order valence-corrected chi connectivity index (χ4v) is 1.96. The van der Waals surface area contributed by atoms with Gasteiger partial charge in [0.05, 0.1) is 11.9 Å². The number of aromatic nitrogens is 1. The summed E-state index contributed by atoms with van der Waals surface area (Å²) in [6, 6.07) is 6.99. The number of benzene rings is 1. The Kier molecular flexibility index (Phi) is 2.95. The molecule has 0 bridgehead atoms. The van der Waals surface area contributed by atoms with Gasteiger partial charge in [-0.15, -0.1) is 0 Å². The fraction of sp³-hybridized carbons (Fsp3) is 0.231. The minimum absolute atomic E-state index is 0.0322. The summed E-state index contributed by atoms with van der Waals surface area (Å²) in [6.07, 6.45) is 1.70. The molecule has 88 valence electrons. The van der Waals surface area contributed by atoms with Crippen LogP contribution in [-0.2, 0) is 11.3 Å². The summed E-state index contributed by atoms with van der Waals surface area (Å²) in [5.41, 5.74) is 1.77. The standard InChI is InChI=1S/C13H13NO3/c1-9-3-2-4-10-11(15)5-7-14(13(9)10)8-6-12(16)17/h2-5,7H,6,8H2,1H3,(H,16,17). The van der Waals surface area contributed by atoms with E-state index < -0.39 is 5.97 Å². The predicted molar refractivity (Wildman–Crippen MR) is 65.2 cm³/mol. The number of fused-ring (bicyclic) bond motifs is 1. The normalized spacial score (nSPS) is 10.6. The maximum Gasteiger partial charge on any atom is 0.305 e. The third-order valence-electron chi connectivity index (χ3n) is 2.76. The lowest BCUT2D eigenvalue weighted by Gasteiger charge is -2.11. The molecule has 0 atom stereocenters. The molecule has 0 aliphatic rings. The molecule has 0 spiro atoms. The maximum absolute atomic E-state index is 11.7. The molecule has 0 fully saturated rings. The van der Waals surface area contributed by atoms with Gasteiger partial charge in [0.25, 0.3) is 0 Å². The number of pyridine rings is 1. The highest BCUT2D eigenvalue weighted by Gasteiger charge is 2.06. The molecule has 17 heavy (non-hydrogen) atoms. The van der Waals surface area contributed by atoms with Crippen molar-refractivity contribution < 1.29 is 9.90 Å². The molecule has 1 aromatic heterocycles. The number of carboxylic acid groups (broad SMARTS) is 1. The number of carboxylic acids is 1. The zero-order chi connectivity index (χ0) is 12.4. The molecule has 0 amide bonds. The van der Waals surface area contributed by atoms with E-state index in [4.69, 9.17) is 5.11 Å². The summed E-state index contributed by atoms with van der Waals surface area (Å²) in [5.74, 6) is -0.842. The van der Waals surface area contributed by atoms with Gasteiger partial charge in [-0.25, -0.2) is 0 Å². The van der Waals surface area contributed by atoms with Crippen molar-refractivity contribution >= 4 is 16.9 Å². The molecule has 2 aromatic rings. The van der Waals surface area contributed by atoms with Gasteiger partial charge >= 0.3 is 5.97 Å². The van der Waals surface area contributed by atoms with Crippen LogP contribution >= 0.6 is 0 Å². The van der Waals surface area contributed by atoms with Crippen LogP contribution in [0.25, 0.3) is 10.9 Å². The van der Waals surface area contributed by atoms with Crippen LogP contribution < -0.4 is 5.43 Å². The van der Waals surface area contributed by atoms with Gasteiger partial charge in [0, 0.05) is 24.2 Å². The summed E-state index contributed by atoms with van der Waals surface area (Å²) < 4.78 is 1.82. The summed E-state index contributed by atoms with van der Waals surface area (Å²) in [4.78, 5) is 22.3. The molecule has 4 nitrogen and oxygen atoms in total. The summed E-state index contributed by atoms with van der Waals surface area (Å²) >= 11 is 0. The number of aryl methyl sites for hydroxylation is 2. The third kappa shape index (κ3) is 2.20. The van der Waals surface area contributed by atoms with Crippen LogP contribution in [0.2, 0.25) is 0 Å². The van der Waals surface area contributed by atoms with E-state index >= 15 is 0 Å². The van der Waals surface area contributed by atoms with E-state index in [9.17, 15) is 9.59 Å². The number of para-hydroxylation sites is 1. The quantitative estimate of drug-likeness (QED) is 0.876. The van der Waals surface area contributed by atoms with E-state index in [1.54, 1.807) is 12.3 Å². The third-order valence-corrected chi connectivity index (χ3v) is 2.76. The Bertz CT molecular complexity index is 628. The van der Waals surface area contributed by atoms with Gasteiger partial charge in [-0.3, -0.25) is 9.59 Å². The van der Waals surface area contributed by atoms with Crippen molar-refractivity contribution in [3.05, 3.63) is 46.2 Å². The fourth-order valence-electron chi connectivity index (χ4n) is 1.96. The number of carbonyl (C=O) groups is 1. The number of aliphatic carboxylic acids is 1. The summed E-state index contributed by atoms with van der Waals surface area (Å²) in [6.45, 7) is 2.29. The largest absolute Gasteiger partial charge is 0.481 e. The molecule has 0 radical (unpaired) electrons. The van der Waals surface area contributed by atoms with Crippen molar-refractivity contribution in [3.63, 3.8) is 0 Å². The molecule has 0 aliphatic heterocycles. The topological polar surface area (TPSA) is 59.3 Å². The molecule has 0 aliphatic carbocycles. The monoisotopic (exact) mass is 231 g/mol. The second-order valence-electron chi connectivity index (χ2n) is 3.99. The van der Waals surface area contributed by atoms with Crippen LogP contribution in [0.4, 0.5) is 0 Å². The van der Waals surface area contributed by atoms with Crippen molar-refractivity contribution in [1.29, 1.82) is 0 Å². The lowest BCUT2D eigenvalue weighted by atomic mass is 10.1. The van der Waals surface area contributed by atoms with E-state index in [1.165, 1.54) is 6.07 Å². The Hall–Kier alpha value is -2.10. The molecule has 0 unspecified atom stereocenters. The van der Waals surface area contributed by atoms with Gasteiger partial charge in [0.1, 0.15) is 0 Å². The summed E-state index contributed by atoms with van der Waals surface area (Å²) in [7, 11) is 0. The molecule has 2 rings (SSSR count). The van der Waals surface area contributed by atoms with Crippen molar-refractivity contribution in [1.82, 2.24) is 4.57 Å². The van der Waals surface area contributed by atoms with E-state index in [0.29, 0.717) is 11.9 Å². The van der Waals surface area contributed by atoms with Crippen LogP contribution in [0.15, 0.2) is 35.3 Å². The van der Waals surface area contributed by atoms with Crippen LogP contribution in [0.1, 0.15) is 12.0 Å². The van der Waals surface area contributed by atoms with Crippen molar-refractivity contribution in [2.24, 2.45) is 0 Å². The van der Waals surface area contributed by atoms with Crippen LogP contribution in [-0.4, -0.2) is 15.6 Å². The predicted octanol–water partition coefficient (Wildman–Crippen LogP) is 1.78. The maximum atomic E-state index is 11.7. The Morgan fingerprint density at radius 3 is 2.82 bits per heavy atom. The lowest BCUT2D eigenvalue weighted by Crippen LogP contribution is -2.11. The molecule has 1 heterocycles. The molecule has 1 N–H and O–H groups in total. The molecule has 4 heteroatoms. The minimum Gasteiger partial charge on any atom is -0.481 e. The highest BCUT2D eigenvalue weighted by Crippen LogP contribution is 2.15. The van der Waals surface area contributed by atoms with Crippen molar-refractivity contribution in [2.45, 2.75) is 19.9 Å². The van der Waals surface area contributed by atoms with Crippen LogP contribution in [0.3, 0.4) is 0 Å². The average molecular weight is 231 g/mol. The molecular formula is C13H13NO3. The van der Waals surface area contributed by atoms with Gasteiger partial charge in [0.2, 0.25) is 0 Å². The minimum atomic E-state index is -0.842. The van der Waals surface area contributed by atoms with Gasteiger partial charge in [-0.1, -0.05) is 12.1 Å². The van der Waals surface area contributed by atoms with Crippen LogP contribution in [0.5, 0.6) is 0 Å². The molecule has 0 saturated carbocycles. The second kappa shape index (κ2) is 4.41. The average Bonchev–Trinajstić information content (AvgIpc) is 2.29. The first-order chi connectivity index (χ1) is 8.09. The lowest BCUT2D eigenvalue weighted by molar-refractivity contribution is -0.137. The van der Waals surface area contributed by atoms with Crippen molar-refractivity contribution in [3.8, 4) is 0 Å². The van der Waals surface area contributed by atoms with E-state index in [0.717, 1.165) is 11.1 Å². The molecule has 0 saturated heterocycles. The van der Waals surface area contributed by atoms with E-state index in [1.807, 2.05) is 23.6 Å². The smallest absolute Gasteiger partial charge is 0.305 e. The second-order valence-corrected chi connectivity index (χ2v) is 3.99. The van der Waals surface area contributed by atoms with Gasteiger partial charge < -0.3 is 9.67 Å². The Morgan fingerprint density at radius 1 is 1.35 bits per heavy atom. The number of nitrogens with zero attached hydrogens (tertiary/aromatic N) is 1. The summed E-state index contributed by atoms with van der Waals surface area (Å²) in [5, 5.41) is 9.33. The Balaban J connectivity index is 2.60. The van der Waals surface area contributed by atoms with Gasteiger partial charge in [-0.05, 0) is 18.6 Å². The number of rotatable bonds is 3. The van der Waals surface area contributed by atoms with E-state index in [2.05, 4.69) is 0 Å². The first kappa shape index (κ1) is 11.4. The zero-order valence-electron chi connectivity index (χ0n) is 9.51. The Labute approximate surface area is 98.1 Å². The Morgan fingerprint density at radius 2 is 2.12 bits per heavy atom. The zero-order valence-corrected chi connectivity index (χ0v) is 9.51. The van der Waals surface area contributed by atoms with Crippen molar-refractivity contribution in [2.75, 3.05) is 0 Å². The van der Waals surface area contributed by atoms with Crippen LogP contribution in [0, 0.1) is 6.92 Å². The van der Waals surface area contributed by atoms with Gasteiger partial charge in [0.15, 0.2) is 5.43 Å². The van der Waals surface area contributed by atoms with E-state index in [-0.39, 0.29) is 11.8 Å². The van der Waals surface area contributed by atoms with Gasteiger partial charge in [-0.2, -0.15) is 0 Å². The first-order valence-electron chi connectivity index (χ1n) is 5.40. The number of hydrogen-bond acceptors (Lipinski definition) is 2. The number of hydrogen-bond donors (Lipinski definition) is 1.